The molecule has 0 N–H and O–H groups in total. The van der Waals surface area contributed by atoms with Crippen molar-refractivity contribution in [1.82, 2.24) is 9.80 Å². The molecule has 28 heavy (non-hydrogen) atoms. The molecule has 4 atom stereocenters. The van der Waals surface area contributed by atoms with Gasteiger partial charge in [0.25, 0.3) is 11.8 Å². The number of benzene rings is 1. The van der Waals surface area contributed by atoms with E-state index in [0.29, 0.717) is 22.8 Å². The number of carbonyl (C=O) groups excluding carboxylic acids is 2. The van der Waals surface area contributed by atoms with Crippen molar-refractivity contribution in [3.8, 4) is 23.3 Å². The number of piperazine rings is 1. The van der Waals surface area contributed by atoms with Crippen LogP contribution in [0.15, 0.2) is 12.1 Å². The number of thioether (sulfide) groups is 1. The van der Waals surface area contributed by atoms with Crippen LogP contribution in [-0.4, -0.2) is 52.3 Å². The van der Waals surface area contributed by atoms with Crippen LogP contribution in [0.3, 0.4) is 0 Å². The highest BCUT2D eigenvalue weighted by atomic mass is 32.2. The quantitative estimate of drug-likeness (QED) is 0.747. The number of rotatable bonds is 2. The van der Waals surface area contributed by atoms with Crippen molar-refractivity contribution >= 4 is 23.6 Å². The summed E-state index contributed by atoms with van der Waals surface area (Å²) in [4.78, 5) is 27.7. The van der Waals surface area contributed by atoms with Gasteiger partial charge in [-0.1, -0.05) is 11.8 Å². The predicted octanol–water partition coefficient (Wildman–Crippen LogP) is 1.86. The molecule has 2 amide bonds. The van der Waals surface area contributed by atoms with Gasteiger partial charge in [-0.15, -0.1) is 0 Å². The first-order valence-corrected chi connectivity index (χ1v) is 9.75. The Kier molecular flexibility index (Phi) is 3.16. The van der Waals surface area contributed by atoms with Gasteiger partial charge in [-0.05, 0) is 26.0 Å². The van der Waals surface area contributed by atoms with E-state index in [1.54, 1.807) is 37.9 Å². The zero-order valence-corrected chi connectivity index (χ0v) is 16.8. The van der Waals surface area contributed by atoms with Crippen LogP contribution in [-0.2, 0) is 9.59 Å². The summed E-state index contributed by atoms with van der Waals surface area (Å²) >= 11 is 1.34. The molecule has 2 bridgehead atoms. The molecular weight excluding hydrogens is 382 g/mol. The molecule has 0 aromatic heterocycles. The number of amides is 2. The average molecular weight is 401 g/mol. The number of hydrogen-bond donors (Lipinski definition) is 0. The van der Waals surface area contributed by atoms with Gasteiger partial charge in [0.15, 0.2) is 21.2 Å². The van der Waals surface area contributed by atoms with Gasteiger partial charge in [0.2, 0.25) is 12.5 Å². The van der Waals surface area contributed by atoms with Gasteiger partial charge in [0, 0.05) is 19.0 Å². The number of methoxy groups -OCH3 is 1. The lowest BCUT2D eigenvalue weighted by molar-refractivity contribution is -0.159. The molecule has 1 unspecified atom stereocenters. The molecule has 146 valence electrons. The predicted molar refractivity (Wildman–Crippen MR) is 98.5 cm³/mol. The topological polar surface area (TPSA) is 92.1 Å². The van der Waals surface area contributed by atoms with E-state index < -0.39 is 21.2 Å². The van der Waals surface area contributed by atoms with Crippen LogP contribution in [0.2, 0.25) is 0 Å². The molecule has 1 spiro atoms. The van der Waals surface area contributed by atoms with Gasteiger partial charge >= 0.3 is 0 Å². The van der Waals surface area contributed by atoms with Gasteiger partial charge < -0.3 is 24.0 Å². The van der Waals surface area contributed by atoms with E-state index in [2.05, 4.69) is 6.07 Å². The number of carbonyl (C=O) groups is 2. The number of nitriles is 1. The molecule has 0 aliphatic carbocycles. The maximum absolute atomic E-state index is 13.4. The van der Waals surface area contributed by atoms with Crippen molar-refractivity contribution in [1.29, 1.82) is 5.26 Å². The molecule has 3 saturated heterocycles. The third-order valence-corrected chi connectivity index (χ3v) is 8.10. The van der Waals surface area contributed by atoms with Crippen LogP contribution >= 0.6 is 11.8 Å². The normalized spacial score (nSPS) is 37.5. The van der Waals surface area contributed by atoms with Crippen LogP contribution in [0, 0.1) is 16.7 Å². The molecule has 3 fully saturated rings. The minimum absolute atomic E-state index is 0.0825. The van der Waals surface area contributed by atoms with Crippen LogP contribution in [0.5, 0.6) is 17.2 Å². The highest BCUT2D eigenvalue weighted by molar-refractivity contribution is 8.04. The largest absolute Gasteiger partial charge is 0.492 e. The second kappa shape index (κ2) is 5.06. The first-order valence-electron chi connectivity index (χ1n) is 8.93. The molecule has 0 radical (unpaired) electrons. The summed E-state index contributed by atoms with van der Waals surface area (Å²) in [5, 5.41) is 10.1. The Morgan fingerprint density at radius 3 is 2.71 bits per heavy atom. The first kappa shape index (κ1) is 17.5. The fourth-order valence-corrected chi connectivity index (χ4v) is 6.94. The summed E-state index contributed by atoms with van der Waals surface area (Å²) in [7, 11) is 3.17. The number of nitrogens with zero attached hydrogens (tertiary/aromatic N) is 3. The Bertz CT molecular complexity index is 993. The SMILES string of the molecule is COc1c(C2N3C(=O)[C@]4(C)S[C@@]3(C[C@]2(C)C#N)C(=O)N4C)ccc2c1OCO2. The minimum atomic E-state index is -1.07. The zero-order chi connectivity index (χ0) is 20.1. The summed E-state index contributed by atoms with van der Waals surface area (Å²) in [6, 6.07) is 5.29. The van der Waals surface area contributed by atoms with E-state index in [9.17, 15) is 14.9 Å². The highest BCUT2D eigenvalue weighted by Gasteiger charge is 2.79. The summed E-state index contributed by atoms with van der Waals surface area (Å²) in [6.07, 6.45) is 0.258. The first-order chi connectivity index (χ1) is 13.2. The van der Waals surface area contributed by atoms with E-state index in [4.69, 9.17) is 14.2 Å². The fourth-order valence-electron chi connectivity index (χ4n) is 5.00. The van der Waals surface area contributed by atoms with E-state index >= 15 is 0 Å². The molecule has 5 rings (SSSR count). The molecule has 0 saturated carbocycles. The van der Waals surface area contributed by atoms with E-state index in [-0.39, 0.29) is 25.0 Å². The van der Waals surface area contributed by atoms with Crippen LogP contribution < -0.4 is 14.2 Å². The lowest BCUT2D eigenvalue weighted by Crippen LogP contribution is -2.60. The van der Waals surface area contributed by atoms with Crippen molar-refractivity contribution in [2.75, 3.05) is 21.0 Å². The van der Waals surface area contributed by atoms with Gasteiger partial charge in [0.1, 0.15) is 0 Å². The maximum Gasteiger partial charge on any atom is 0.261 e. The van der Waals surface area contributed by atoms with Crippen LogP contribution in [0.4, 0.5) is 0 Å². The van der Waals surface area contributed by atoms with E-state index in [1.807, 2.05) is 0 Å². The molecule has 4 heterocycles. The smallest absolute Gasteiger partial charge is 0.261 e. The average Bonchev–Trinajstić information content (AvgIpc) is 3.35. The Morgan fingerprint density at radius 2 is 2.04 bits per heavy atom. The lowest BCUT2D eigenvalue weighted by Gasteiger charge is -2.40. The molecule has 8 nitrogen and oxygen atoms in total. The van der Waals surface area contributed by atoms with Crippen molar-refractivity contribution in [3.63, 3.8) is 0 Å². The van der Waals surface area contributed by atoms with Gasteiger partial charge in [-0.2, -0.15) is 5.26 Å². The van der Waals surface area contributed by atoms with Gasteiger partial charge in [-0.3, -0.25) is 9.59 Å². The Hall–Kier alpha value is -2.60. The summed E-state index contributed by atoms with van der Waals surface area (Å²) in [6.45, 7) is 3.65. The van der Waals surface area contributed by atoms with Gasteiger partial charge in [0.05, 0.1) is 24.6 Å². The highest BCUT2D eigenvalue weighted by Crippen LogP contribution is 2.70. The van der Waals surface area contributed by atoms with Crippen molar-refractivity contribution in [2.45, 2.75) is 36.1 Å². The number of ether oxygens (including phenoxy) is 3. The number of likely N-dealkylation sites (N-methyl/N-ethyl adjacent to an activating group) is 1. The number of hydrogen-bond acceptors (Lipinski definition) is 7. The lowest BCUT2D eigenvalue weighted by atomic mass is 9.79. The molecule has 9 heteroatoms. The van der Waals surface area contributed by atoms with E-state index in [1.165, 1.54) is 23.8 Å². The Balaban J connectivity index is 1.74. The second-order valence-corrected chi connectivity index (χ2v) is 9.61. The maximum atomic E-state index is 13.4. The van der Waals surface area contributed by atoms with Crippen LogP contribution in [0.25, 0.3) is 0 Å². The van der Waals surface area contributed by atoms with Crippen LogP contribution in [0.1, 0.15) is 31.9 Å². The molecule has 4 aliphatic heterocycles. The fraction of sp³-hybridized carbons (Fsp3) is 0.526. The third-order valence-electron chi connectivity index (χ3n) is 6.40. The summed E-state index contributed by atoms with van der Waals surface area (Å²) in [5.41, 5.74) is -0.320. The molecular formula is C19H19N3O5S. The Labute approximate surface area is 166 Å². The molecule has 1 aromatic carbocycles. The van der Waals surface area contributed by atoms with E-state index in [0.717, 1.165) is 0 Å². The number of fused-ring (bicyclic) bond motifs is 2. The zero-order valence-electron chi connectivity index (χ0n) is 15.9. The summed E-state index contributed by atoms with van der Waals surface area (Å²) in [5.74, 6) is 1.15. The second-order valence-electron chi connectivity index (χ2n) is 7.94. The van der Waals surface area contributed by atoms with Crippen molar-refractivity contribution in [3.05, 3.63) is 17.7 Å². The minimum Gasteiger partial charge on any atom is -0.492 e. The third kappa shape index (κ3) is 1.69. The summed E-state index contributed by atoms with van der Waals surface area (Å²) < 4.78 is 16.6. The monoisotopic (exact) mass is 401 g/mol. The standard InChI is InChI=1S/C19H19N3O5S/c1-17(8-20)7-19-16(24)21(3)18(2,28-19)15(23)22(19)14(17)10-5-6-11-13(12(10)25-4)27-9-26-11/h5-6,14H,7,9H2,1-4H3/t14?,17-,18+,19+/m1/s1. The van der Waals surface area contributed by atoms with Crippen molar-refractivity contribution in [2.24, 2.45) is 5.41 Å². The van der Waals surface area contributed by atoms with Crippen molar-refractivity contribution < 1.29 is 23.8 Å². The Morgan fingerprint density at radius 1 is 1.29 bits per heavy atom. The molecule has 1 aromatic rings. The molecule has 4 aliphatic rings. The van der Waals surface area contributed by atoms with Gasteiger partial charge in [-0.25, -0.2) is 0 Å².